The van der Waals surface area contributed by atoms with Crippen molar-refractivity contribution >= 4 is 32.5 Å². The Bertz CT molecular complexity index is 1420. The molecule has 0 atom stereocenters. The van der Waals surface area contributed by atoms with E-state index in [0.717, 1.165) is 32.2 Å². The Morgan fingerprint density at radius 2 is 1.71 bits per heavy atom. The van der Waals surface area contributed by atoms with Gasteiger partial charge in [-0.15, -0.1) is 0 Å². The Labute approximate surface area is 197 Å². The first kappa shape index (κ1) is 23.6. The maximum Gasteiger partial charge on any atom is 0.264 e. The summed E-state index contributed by atoms with van der Waals surface area (Å²) in [7, 11) is -1.19. The van der Waals surface area contributed by atoms with Gasteiger partial charge in [0.1, 0.15) is 5.82 Å². The zero-order chi connectivity index (χ0) is 24.3. The van der Waals surface area contributed by atoms with E-state index in [1.807, 2.05) is 24.3 Å². The number of hydrogen-bond donors (Lipinski definition) is 2. The maximum absolute atomic E-state index is 13.4. The molecule has 0 aliphatic carbocycles. The number of aromatic nitrogens is 1. The number of amides is 1. The quantitative estimate of drug-likeness (QED) is 0.356. The molecule has 0 bridgehead atoms. The third kappa shape index (κ3) is 4.86. The lowest BCUT2D eigenvalue weighted by Gasteiger charge is -2.14. The van der Waals surface area contributed by atoms with Gasteiger partial charge in [-0.05, 0) is 72.1 Å². The second-order valence-electron chi connectivity index (χ2n) is 7.70. The highest BCUT2D eigenvalue weighted by Gasteiger charge is 2.20. The standard InChI is InChI=1S/C25H24FN3O4S/c1-29(33-2)34(31,32)20-13-11-19(12-14-20)27-24(30)16-15-22-21-5-3-4-6-23(21)28-25(22)17-7-9-18(26)10-8-17/h3-14,28H,15-16H2,1-2H3,(H,27,30). The number of halogens is 1. The molecule has 0 radical (unpaired) electrons. The molecule has 176 valence electrons. The molecule has 0 aliphatic heterocycles. The number of benzene rings is 3. The molecule has 1 aromatic heterocycles. The van der Waals surface area contributed by atoms with Crippen LogP contribution in [0.25, 0.3) is 22.2 Å². The van der Waals surface area contributed by atoms with Crippen molar-refractivity contribution in [1.29, 1.82) is 0 Å². The zero-order valence-electron chi connectivity index (χ0n) is 18.7. The molecule has 0 spiro atoms. The summed E-state index contributed by atoms with van der Waals surface area (Å²) in [5.74, 6) is -0.520. The Kier molecular flexibility index (Phi) is 6.78. The number of H-pyrrole nitrogens is 1. The first-order valence-corrected chi connectivity index (χ1v) is 12.0. The Morgan fingerprint density at radius 3 is 2.38 bits per heavy atom. The van der Waals surface area contributed by atoms with Crippen molar-refractivity contribution in [2.45, 2.75) is 17.7 Å². The number of rotatable bonds is 8. The van der Waals surface area contributed by atoms with Crippen LogP contribution in [0.5, 0.6) is 0 Å². The number of aromatic amines is 1. The van der Waals surface area contributed by atoms with E-state index < -0.39 is 10.0 Å². The van der Waals surface area contributed by atoms with Gasteiger partial charge in [0.25, 0.3) is 10.0 Å². The van der Waals surface area contributed by atoms with Crippen LogP contribution < -0.4 is 5.32 Å². The number of para-hydroxylation sites is 1. The molecule has 4 rings (SSSR count). The molecule has 0 saturated carbocycles. The van der Waals surface area contributed by atoms with Crippen LogP contribution >= 0.6 is 0 Å². The van der Waals surface area contributed by atoms with Crippen molar-refractivity contribution in [2.24, 2.45) is 0 Å². The monoisotopic (exact) mass is 481 g/mol. The maximum atomic E-state index is 13.4. The normalized spacial score (nSPS) is 11.8. The summed E-state index contributed by atoms with van der Waals surface area (Å²) in [5.41, 5.74) is 4.09. The van der Waals surface area contributed by atoms with E-state index in [1.54, 1.807) is 12.1 Å². The Balaban J connectivity index is 1.50. The smallest absolute Gasteiger partial charge is 0.264 e. The van der Waals surface area contributed by atoms with E-state index in [-0.39, 0.29) is 23.0 Å². The predicted molar refractivity (Wildman–Crippen MR) is 129 cm³/mol. The van der Waals surface area contributed by atoms with Crippen LogP contribution in [0.1, 0.15) is 12.0 Å². The number of nitrogens with zero attached hydrogens (tertiary/aromatic N) is 1. The predicted octanol–water partition coefficient (Wildman–Crippen LogP) is 4.73. The van der Waals surface area contributed by atoms with Gasteiger partial charge in [0.2, 0.25) is 5.91 Å². The van der Waals surface area contributed by atoms with Gasteiger partial charge in [-0.1, -0.05) is 22.7 Å². The van der Waals surface area contributed by atoms with Gasteiger partial charge >= 0.3 is 0 Å². The van der Waals surface area contributed by atoms with E-state index in [0.29, 0.717) is 12.1 Å². The van der Waals surface area contributed by atoms with Crippen molar-refractivity contribution in [3.63, 3.8) is 0 Å². The van der Waals surface area contributed by atoms with Crippen LogP contribution in [-0.2, 0) is 26.1 Å². The minimum Gasteiger partial charge on any atom is -0.354 e. The van der Waals surface area contributed by atoms with Crippen molar-refractivity contribution < 1.29 is 22.4 Å². The van der Waals surface area contributed by atoms with E-state index in [9.17, 15) is 17.6 Å². The SMILES string of the molecule is CON(C)S(=O)(=O)c1ccc(NC(=O)CCc2c(-c3ccc(F)cc3)[nH]c3ccccc23)cc1. The molecular weight excluding hydrogens is 457 g/mol. The number of sulfonamides is 1. The molecule has 4 aromatic rings. The summed E-state index contributed by atoms with van der Waals surface area (Å²) in [6, 6.07) is 19.9. The average molecular weight is 482 g/mol. The summed E-state index contributed by atoms with van der Waals surface area (Å²) >= 11 is 0. The van der Waals surface area contributed by atoms with Gasteiger partial charge in [-0.2, -0.15) is 0 Å². The number of hydroxylamine groups is 1. The third-order valence-electron chi connectivity index (χ3n) is 5.58. The van der Waals surface area contributed by atoms with Crippen LogP contribution in [0.15, 0.2) is 77.7 Å². The van der Waals surface area contributed by atoms with Gasteiger partial charge in [0.05, 0.1) is 12.0 Å². The van der Waals surface area contributed by atoms with Gasteiger partial charge in [0.15, 0.2) is 0 Å². The summed E-state index contributed by atoms with van der Waals surface area (Å²) < 4.78 is 38.8. The van der Waals surface area contributed by atoms with Crippen LogP contribution in [0.3, 0.4) is 0 Å². The largest absolute Gasteiger partial charge is 0.354 e. The molecule has 3 aromatic carbocycles. The van der Waals surface area contributed by atoms with Crippen molar-refractivity contribution in [1.82, 2.24) is 9.45 Å². The number of hydrogen-bond acceptors (Lipinski definition) is 4. The van der Waals surface area contributed by atoms with Crippen LogP contribution in [0.2, 0.25) is 0 Å². The fourth-order valence-corrected chi connectivity index (χ4v) is 4.71. The first-order valence-electron chi connectivity index (χ1n) is 10.6. The van der Waals surface area contributed by atoms with Crippen LogP contribution in [0, 0.1) is 5.82 Å². The highest BCUT2D eigenvalue weighted by Crippen LogP contribution is 2.31. The molecule has 2 N–H and O–H groups in total. The lowest BCUT2D eigenvalue weighted by atomic mass is 10.0. The van der Waals surface area contributed by atoms with Crippen molar-refractivity contribution in [3.05, 3.63) is 84.2 Å². The molecule has 0 saturated heterocycles. The molecule has 7 nitrogen and oxygen atoms in total. The number of nitrogens with one attached hydrogen (secondary N) is 2. The topological polar surface area (TPSA) is 91.5 Å². The van der Waals surface area contributed by atoms with E-state index in [1.165, 1.54) is 50.6 Å². The lowest BCUT2D eigenvalue weighted by Crippen LogP contribution is -2.25. The minimum absolute atomic E-state index is 0.0533. The number of aryl methyl sites for hydroxylation is 1. The highest BCUT2D eigenvalue weighted by molar-refractivity contribution is 7.89. The van der Waals surface area contributed by atoms with Gasteiger partial charge in [0, 0.05) is 35.8 Å². The molecule has 0 unspecified atom stereocenters. The lowest BCUT2D eigenvalue weighted by molar-refractivity contribution is -0.116. The van der Waals surface area contributed by atoms with Crippen LogP contribution in [-0.4, -0.2) is 37.9 Å². The Hall–Kier alpha value is -3.53. The van der Waals surface area contributed by atoms with E-state index in [4.69, 9.17) is 4.84 Å². The first-order chi connectivity index (χ1) is 16.3. The molecule has 9 heteroatoms. The summed E-state index contributed by atoms with van der Waals surface area (Å²) in [6.45, 7) is 0. The summed E-state index contributed by atoms with van der Waals surface area (Å²) in [5, 5.41) is 3.81. The molecule has 0 aliphatic rings. The van der Waals surface area contributed by atoms with Gasteiger partial charge < -0.3 is 10.3 Å². The fourth-order valence-electron chi connectivity index (χ4n) is 3.74. The average Bonchev–Trinajstić information content (AvgIpc) is 3.21. The number of carbonyl (C=O) groups excluding carboxylic acids is 1. The molecule has 1 heterocycles. The summed E-state index contributed by atoms with van der Waals surface area (Å²) in [6.07, 6.45) is 0.677. The molecule has 0 fully saturated rings. The molecule has 34 heavy (non-hydrogen) atoms. The number of fused-ring (bicyclic) bond motifs is 1. The minimum atomic E-state index is -3.76. The second-order valence-corrected chi connectivity index (χ2v) is 9.64. The van der Waals surface area contributed by atoms with Gasteiger partial charge in [-0.3, -0.25) is 9.63 Å². The Morgan fingerprint density at radius 1 is 1.03 bits per heavy atom. The molecule has 1 amide bonds. The van der Waals surface area contributed by atoms with Gasteiger partial charge in [-0.25, -0.2) is 12.8 Å². The number of carbonyl (C=O) groups is 1. The fraction of sp³-hybridized carbons (Fsp3) is 0.160. The second kappa shape index (κ2) is 9.76. The molecular formula is C25H24FN3O4S. The van der Waals surface area contributed by atoms with E-state index >= 15 is 0 Å². The number of anilines is 1. The van der Waals surface area contributed by atoms with Crippen molar-refractivity contribution in [3.8, 4) is 11.3 Å². The summed E-state index contributed by atoms with van der Waals surface area (Å²) in [4.78, 5) is 20.9. The van der Waals surface area contributed by atoms with Crippen molar-refractivity contribution in [2.75, 3.05) is 19.5 Å². The highest BCUT2D eigenvalue weighted by atomic mass is 32.2. The zero-order valence-corrected chi connectivity index (χ0v) is 19.5. The van der Waals surface area contributed by atoms with E-state index in [2.05, 4.69) is 10.3 Å². The third-order valence-corrected chi connectivity index (χ3v) is 7.27. The van der Waals surface area contributed by atoms with Crippen LogP contribution in [0.4, 0.5) is 10.1 Å².